The molecule has 8 N–H and O–H groups in total. The molecule has 2 amide bonds. The number of hydrogen-bond donors (Lipinski definition) is 6. The van der Waals surface area contributed by atoms with Crippen LogP contribution in [-0.4, -0.2) is 42.8 Å². The van der Waals surface area contributed by atoms with Gasteiger partial charge in [-0.25, -0.2) is 0 Å². The molecule has 4 aliphatic heterocycles. The number of aromatic nitrogens is 2. The number of fused-ring (bicyclic) bond motifs is 14. The number of rotatable bonds is 6. The van der Waals surface area contributed by atoms with E-state index in [1.165, 1.54) is 118 Å². The number of benzene rings is 12. The van der Waals surface area contributed by atoms with Crippen molar-refractivity contribution in [3.05, 3.63) is 254 Å². The molecule has 0 aliphatic carbocycles. The number of anilines is 4. The molecular weight excluding hydrogens is 1430 g/mol. The number of amides is 2. The third-order valence-electron chi connectivity index (χ3n) is 16.8. The third kappa shape index (κ3) is 14.4. The lowest BCUT2D eigenvalue weighted by molar-refractivity contribution is -0.115. The maximum Gasteiger partial charge on any atom is 0.221 e. The van der Waals surface area contributed by atoms with E-state index in [9.17, 15) is 9.59 Å². The number of nitrogens with zero attached hydrogens (tertiary/aromatic N) is 4. The van der Waals surface area contributed by atoms with Crippen LogP contribution in [0.3, 0.4) is 0 Å². The second-order valence-electron chi connectivity index (χ2n) is 23.6. The van der Waals surface area contributed by atoms with Gasteiger partial charge in [-0.1, -0.05) is 189 Å². The molecule has 0 bridgehead atoms. The molecule has 0 radical (unpaired) electrons. The van der Waals surface area contributed by atoms with E-state index in [4.69, 9.17) is 21.9 Å². The van der Waals surface area contributed by atoms with Gasteiger partial charge in [0.1, 0.15) is 0 Å². The van der Waals surface area contributed by atoms with Crippen molar-refractivity contribution in [1.29, 1.82) is 0 Å². The Balaban J connectivity index is 0.000000122. The molecule has 21 heteroatoms. The summed E-state index contributed by atoms with van der Waals surface area (Å²) in [6.07, 6.45) is 0. The van der Waals surface area contributed by atoms with E-state index in [-0.39, 0.29) is 24.2 Å². The van der Waals surface area contributed by atoms with Crippen LogP contribution in [0.25, 0.3) is 55.0 Å². The zero-order chi connectivity index (χ0) is 68.7. The highest BCUT2D eigenvalue weighted by atomic mass is 35.5. The average molecular weight is 1490 g/mol. The van der Waals surface area contributed by atoms with Crippen LogP contribution >= 0.6 is 107 Å². The van der Waals surface area contributed by atoms with Crippen LogP contribution in [0.2, 0.25) is 0 Å². The molecule has 0 fully saturated rings. The maximum absolute atomic E-state index is 11.1. The quantitative estimate of drug-likeness (QED) is 0.0400. The zero-order valence-corrected chi connectivity index (χ0v) is 61.8. The largest absolute Gasteiger partial charge is 0.411 e. The number of carbonyl (C=O) groups excluding carboxylic acids is 2. The minimum Gasteiger partial charge on any atom is -0.411 e. The Kier molecular flexibility index (Phi) is 20.3. The van der Waals surface area contributed by atoms with Crippen LogP contribution in [0.15, 0.2) is 331 Å². The second-order valence-corrected chi connectivity index (χ2v) is 32.3. The molecule has 12 aromatic carbocycles. The Labute approximate surface area is 623 Å². The molecule has 14 aromatic rings. The fraction of sp³-hybridized carbons (Fsp3) is 0.0500. The topological polar surface area (TPSA) is 185 Å². The fourth-order valence-electron chi connectivity index (χ4n) is 12.1. The minimum absolute atomic E-state index is 0. The predicted octanol–water partition coefficient (Wildman–Crippen LogP) is 23.3. The first kappa shape index (κ1) is 68.9. The molecule has 0 atom stereocenters. The summed E-state index contributed by atoms with van der Waals surface area (Å²) in [6.45, 7) is 6.56. The lowest BCUT2D eigenvalue weighted by Crippen LogP contribution is -2.06. The van der Waals surface area contributed by atoms with Crippen molar-refractivity contribution < 1.29 is 20.0 Å². The second kappa shape index (κ2) is 29.8. The molecule has 101 heavy (non-hydrogen) atoms. The van der Waals surface area contributed by atoms with E-state index in [0.717, 1.165) is 63.2 Å². The molecule has 12 nitrogen and oxygen atoms in total. The van der Waals surface area contributed by atoms with Crippen LogP contribution in [-0.2, 0) is 9.59 Å². The van der Waals surface area contributed by atoms with Crippen molar-refractivity contribution >= 4 is 196 Å². The molecule has 2 aromatic heterocycles. The summed E-state index contributed by atoms with van der Waals surface area (Å²) >= 11 is 14.0. The van der Waals surface area contributed by atoms with Crippen molar-refractivity contribution in [2.24, 2.45) is 10.3 Å². The van der Waals surface area contributed by atoms with Gasteiger partial charge in [-0.15, -0.1) is 12.4 Å². The third-order valence-corrected chi connectivity index (χ3v) is 26.9. The van der Waals surface area contributed by atoms with Gasteiger partial charge in [0.2, 0.25) is 11.8 Å². The Morgan fingerprint density at radius 3 is 0.881 bits per heavy atom. The van der Waals surface area contributed by atoms with Crippen molar-refractivity contribution in [2.45, 2.75) is 106 Å². The maximum atomic E-state index is 11.1. The molecule has 0 unspecified atom stereocenters. The Bertz CT molecular complexity index is 5270. The van der Waals surface area contributed by atoms with Crippen molar-refractivity contribution in [3.63, 3.8) is 0 Å². The highest BCUT2D eigenvalue weighted by molar-refractivity contribution is 8.06. The molecule has 0 saturated heterocycles. The standard InChI is InChI=1S/C36H22N2S2.2C16H14N2O2S2.C12H10N2S2.ClH/c1-5-13-29-25(9-1)26-10-2-6-14-30(26)37(29)23-17-19-33-35(21-23)39-34-20-18-24(22-36(34)40-33)38-31-15-7-3-11-27(31)28-12-4-8-16-32(28)38;1-9(19)17-11-3-5-13-15(7-11)21-14-6-4-12(18-10(2)20)8-16(14)22-13;1-9(17-19)11-3-5-13-15(7-11)21-14-6-4-12(10(2)18-20)8-16(14)22-13;13-7-1-3-9-11(5-7)16-10-4-2-8(14)6-12(10)15-9;/h1-22H;3-8H,1-2H3,(H,17,19)(H,18,20);3-8,19-20H,1-2H3;1-6H,13-14H2;1H/b;;17-9+,18-10+;;. The number of oxime groups is 2. The summed E-state index contributed by atoms with van der Waals surface area (Å²) in [5.74, 6) is -0.150. The normalized spacial score (nSPS) is 12.9. The first-order chi connectivity index (χ1) is 48.7. The van der Waals surface area contributed by atoms with E-state index in [1.54, 1.807) is 84.4 Å². The molecular formula is C80H61ClN8O4S8. The Morgan fingerprint density at radius 2 is 0.574 bits per heavy atom. The summed E-state index contributed by atoms with van der Waals surface area (Å²) in [5.41, 5.74) is 25.2. The highest BCUT2D eigenvalue weighted by Gasteiger charge is 2.24. The van der Waals surface area contributed by atoms with Gasteiger partial charge in [0.05, 0.1) is 33.5 Å². The number of para-hydroxylation sites is 4. The van der Waals surface area contributed by atoms with Crippen molar-refractivity contribution in [2.75, 3.05) is 22.1 Å². The zero-order valence-electron chi connectivity index (χ0n) is 54.4. The monoisotopic (exact) mass is 1490 g/mol. The smallest absolute Gasteiger partial charge is 0.221 e. The van der Waals surface area contributed by atoms with Gasteiger partial charge in [-0.2, -0.15) is 0 Å². The van der Waals surface area contributed by atoms with E-state index >= 15 is 0 Å². The van der Waals surface area contributed by atoms with E-state index in [1.807, 2.05) is 121 Å². The minimum atomic E-state index is -0.0752. The number of hydrogen-bond acceptors (Lipinski definition) is 16. The fourth-order valence-corrected chi connectivity index (χ4v) is 21.2. The molecule has 18 rings (SSSR count). The summed E-state index contributed by atoms with van der Waals surface area (Å²) in [6, 6.07) is 84.6. The highest BCUT2D eigenvalue weighted by Crippen LogP contribution is 2.54. The van der Waals surface area contributed by atoms with E-state index in [0.29, 0.717) is 11.4 Å². The number of carbonyl (C=O) groups is 2. The van der Waals surface area contributed by atoms with Crippen LogP contribution in [0.5, 0.6) is 0 Å². The lowest BCUT2D eigenvalue weighted by Gasteiger charge is -2.21. The summed E-state index contributed by atoms with van der Waals surface area (Å²) in [5, 5.41) is 35.1. The van der Waals surface area contributed by atoms with Crippen LogP contribution in [0.4, 0.5) is 22.7 Å². The molecule has 6 heterocycles. The van der Waals surface area contributed by atoms with Gasteiger partial charge in [0, 0.05) is 159 Å². The van der Waals surface area contributed by atoms with Gasteiger partial charge in [-0.3, -0.25) is 9.59 Å². The van der Waals surface area contributed by atoms with Crippen molar-refractivity contribution in [1.82, 2.24) is 9.13 Å². The molecule has 0 spiro atoms. The van der Waals surface area contributed by atoms with Gasteiger partial charge in [0.25, 0.3) is 0 Å². The summed E-state index contributed by atoms with van der Waals surface area (Å²) in [4.78, 5) is 41.6. The predicted molar refractivity (Wildman–Crippen MR) is 426 cm³/mol. The average Bonchev–Trinajstić information content (AvgIpc) is 1.62. The van der Waals surface area contributed by atoms with Gasteiger partial charge in [0.15, 0.2) is 0 Å². The first-order valence-electron chi connectivity index (χ1n) is 31.7. The Hall–Kier alpha value is -9.19. The van der Waals surface area contributed by atoms with Gasteiger partial charge < -0.3 is 41.6 Å². The van der Waals surface area contributed by atoms with Crippen molar-refractivity contribution in [3.8, 4) is 11.4 Å². The summed E-state index contributed by atoms with van der Waals surface area (Å²) in [7, 11) is 0. The molecule has 4 aliphatic rings. The van der Waals surface area contributed by atoms with Crippen LogP contribution in [0.1, 0.15) is 38.8 Å². The summed E-state index contributed by atoms with van der Waals surface area (Å²) < 4.78 is 4.80. The van der Waals surface area contributed by atoms with Crippen LogP contribution in [0, 0.1) is 0 Å². The SMILES string of the molecule is C/C(=N\O)c1ccc2c(c1)Sc1ccc(/C(C)=N/O)cc1S2.CC(=O)Nc1ccc2c(c1)Sc1ccc(NC(C)=O)cc1S2.Cl.Nc1ccc2c(c1)Sc1ccc(N)cc1S2.c1ccc2c(c1)c1ccccc1n2-c1ccc2c(c1)Sc1ccc(-n3c4ccccc4c4ccccc43)cc1S2. The van der Waals surface area contributed by atoms with Gasteiger partial charge in [-0.05, 0) is 172 Å². The number of nitrogens with one attached hydrogen (secondary N) is 2. The van der Waals surface area contributed by atoms with E-state index < -0.39 is 0 Å². The first-order valence-corrected chi connectivity index (χ1v) is 38.2. The van der Waals surface area contributed by atoms with E-state index in [2.05, 4.69) is 176 Å². The molecule has 0 saturated carbocycles. The number of nitrogens with two attached hydrogens (primary N) is 2. The lowest BCUT2D eigenvalue weighted by atomic mass is 10.1. The number of halogens is 1. The Morgan fingerprint density at radius 1 is 0.317 bits per heavy atom. The molecule has 500 valence electrons. The van der Waals surface area contributed by atoms with Crippen LogP contribution < -0.4 is 22.1 Å². The number of nitrogen functional groups attached to an aromatic ring is 2. The van der Waals surface area contributed by atoms with Gasteiger partial charge >= 0.3 is 0 Å².